The summed E-state index contributed by atoms with van der Waals surface area (Å²) >= 11 is 0. The molecule has 1 heterocycles. The van der Waals surface area contributed by atoms with Crippen LogP contribution in [0.3, 0.4) is 0 Å². The SMILES string of the molecule is CCC(=O)NC1CCN(C(=O)c2ccc(NS(C)(=O)=O)cc2)CC1. The minimum absolute atomic E-state index is 0.0359. The Hall–Kier alpha value is -2.09. The molecule has 0 bridgehead atoms. The van der Waals surface area contributed by atoms with Crippen LogP contribution in [0.2, 0.25) is 0 Å². The monoisotopic (exact) mass is 353 g/mol. The molecule has 0 unspecified atom stereocenters. The van der Waals surface area contributed by atoms with Crippen LogP contribution in [-0.4, -0.2) is 50.5 Å². The zero-order chi connectivity index (χ0) is 17.7. The van der Waals surface area contributed by atoms with E-state index in [1.807, 2.05) is 6.92 Å². The Morgan fingerprint density at radius 1 is 1.17 bits per heavy atom. The number of benzene rings is 1. The fraction of sp³-hybridized carbons (Fsp3) is 0.500. The first-order chi connectivity index (χ1) is 11.3. The van der Waals surface area contributed by atoms with Gasteiger partial charge in [0.15, 0.2) is 0 Å². The molecular weight excluding hydrogens is 330 g/mol. The van der Waals surface area contributed by atoms with Gasteiger partial charge in [0.2, 0.25) is 15.9 Å². The fourth-order valence-corrected chi connectivity index (χ4v) is 3.20. The summed E-state index contributed by atoms with van der Waals surface area (Å²) in [5.74, 6) is -0.0464. The van der Waals surface area contributed by atoms with E-state index in [9.17, 15) is 18.0 Å². The third kappa shape index (κ3) is 5.23. The predicted molar refractivity (Wildman–Crippen MR) is 92.3 cm³/mol. The van der Waals surface area contributed by atoms with E-state index in [1.54, 1.807) is 29.2 Å². The third-order valence-corrected chi connectivity index (χ3v) is 4.51. The van der Waals surface area contributed by atoms with Crippen molar-refractivity contribution in [2.24, 2.45) is 0 Å². The molecule has 0 aliphatic carbocycles. The van der Waals surface area contributed by atoms with E-state index in [-0.39, 0.29) is 17.9 Å². The molecule has 0 atom stereocenters. The number of hydrogen-bond acceptors (Lipinski definition) is 4. The molecule has 2 rings (SSSR count). The maximum atomic E-state index is 12.5. The fourth-order valence-electron chi connectivity index (χ4n) is 2.63. The summed E-state index contributed by atoms with van der Waals surface area (Å²) in [6.07, 6.45) is 3.02. The van der Waals surface area contributed by atoms with Crippen LogP contribution < -0.4 is 10.0 Å². The van der Waals surface area contributed by atoms with Gasteiger partial charge in [-0.15, -0.1) is 0 Å². The van der Waals surface area contributed by atoms with Crippen molar-refractivity contribution in [2.75, 3.05) is 24.1 Å². The lowest BCUT2D eigenvalue weighted by atomic mass is 10.0. The number of rotatable bonds is 5. The summed E-state index contributed by atoms with van der Waals surface area (Å²) in [6, 6.07) is 6.50. The molecule has 0 radical (unpaired) electrons. The Morgan fingerprint density at radius 2 is 1.75 bits per heavy atom. The van der Waals surface area contributed by atoms with Gasteiger partial charge in [-0.05, 0) is 37.1 Å². The van der Waals surface area contributed by atoms with Crippen LogP contribution >= 0.6 is 0 Å². The van der Waals surface area contributed by atoms with Gasteiger partial charge in [-0.25, -0.2) is 8.42 Å². The van der Waals surface area contributed by atoms with Crippen molar-refractivity contribution >= 4 is 27.5 Å². The van der Waals surface area contributed by atoms with Crippen LogP contribution in [0.1, 0.15) is 36.5 Å². The predicted octanol–water partition coefficient (Wildman–Crippen LogP) is 1.19. The second-order valence-corrected chi connectivity index (χ2v) is 7.69. The summed E-state index contributed by atoms with van der Waals surface area (Å²) in [4.78, 5) is 25.6. The maximum Gasteiger partial charge on any atom is 0.253 e. The van der Waals surface area contributed by atoms with E-state index >= 15 is 0 Å². The summed E-state index contributed by atoms with van der Waals surface area (Å²) in [6.45, 7) is 3.00. The number of nitrogens with one attached hydrogen (secondary N) is 2. The molecule has 0 saturated carbocycles. The Balaban J connectivity index is 1.92. The molecule has 132 valence electrons. The molecular formula is C16H23N3O4S. The smallest absolute Gasteiger partial charge is 0.253 e. The summed E-state index contributed by atoms with van der Waals surface area (Å²) in [5, 5.41) is 2.95. The highest BCUT2D eigenvalue weighted by atomic mass is 32.2. The van der Waals surface area contributed by atoms with Crippen molar-refractivity contribution < 1.29 is 18.0 Å². The molecule has 8 heteroatoms. The lowest BCUT2D eigenvalue weighted by molar-refractivity contribution is -0.121. The molecule has 1 aliphatic heterocycles. The average molecular weight is 353 g/mol. The second-order valence-electron chi connectivity index (χ2n) is 5.94. The highest BCUT2D eigenvalue weighted by molar-refractivity contribution is 7.92. The number of anilines is 1. The Kier molecular flexibility index (Phi) is 5.82. The van der Waals surface area contributed by atoms with E-state index in [1.165, 1.54) is 0 Å². The van der Waals surface area contributed by atoms with Crippen molar-refractivity contribution in [2.45, 2.75) is 32.2 Å². The topological polar surface area (TPSA) is 95.6 Å². The largest absolute Gasteiger partial charge is 0.353 e. The number of hydrogen-bond donors (Lipinski definition) is 2. The Morgan fingerprint density at radius 3 is 2.25 bits per heavy atom. The molecule has 1 aromatic rings. The Labute approximate surface area is 142 Å². The van der Waals surface area contributed by atoms with Crippen LogP contribution in [0.25, 0.3) is 0 Å². The second kappa shape index (κ2) is 7.65. The van der Waals surface area contributed by atoms with E-state index in [0.29, 0.717) is 30.8 Å². The quantitative estimate of drug-likeness (QED) is 0.831. The average Bonchev–Trinajstić information content (AvgIpc) is 2.54. The van der Waals surface area contributed by atoms with Gasteiger partial charge in [0.05, 0.1) is 6.26 Å². The van der Waals surface area contributed by atoms with Crippen molar-refractivity contribution in [3.05, 3.63) is 29.8 Å². The van der Waals surface area contributed by atoms with Crippen molar-refractivity contribution in [3.63, 3.8) is 0 Å². The van der Waals surface area contributed by atoms with E-state index in [2.05, 4.69) is 10.0 Å². The van der Waals surface area contributed by atoms with Gasteiger partial charge in [-0.2, -0.15) is 0 Å². The minimum atomic E-state index is -3.33. The zero-order valence-corrected chi connectivity index (χ0v) is 14.7. The van der Waals surface area contributed by atoms with Crippen molar-refractivity contribution in [3.8, 4) is 0 Å². The molecule has 0 aromatic heterocycles. The molecule has 24 heavy (non-hydrogen) atoms. The van der Waals surface area contributed by atoms with Gasteiger partial charge in [0.25, 0.3) is 5.91 Å². The molecule has 1 fully saturated rings. The van der Waals surface area contributed by atoms with Gasteiger partial charge in [-0.3, -0.25) is 14.3 Å². The first-order valence-corrected chi connectivity index (χ1v) is 9.84. The number of sulfonamides is 1. The number of nitrogens with zero attached hydrogens (tertiary/aromatic N) is 1. The maximum absolute atomic E-state index is 12.5. The molecule has 2 amide bonds. The molecule has 7 nitrogen and oxygen atoms in total. The molecule has 1 aromatic carbocycles. The molecule has 0 spiro atoms. The molecule has 1 saturated heterocycles. The van der Waals surface area contributed by atoms with Crippen LogP contribution in [0.4, 0.5) is 5.69 Å². The lowest BCUT2D eigenvalue weighted by Gasteiger charge is -2.32. The molecule has 2 N–H and O–H groups in total. The van der Waals surface area contributed by atoms with Crippen LogP contribution in [0.15, 0.2) is 24.3 Å². The third-order valence-electron chi connectivity index (χ3n) is 3.90. The van der Waals surface area contributed by atoms with Crippen LogP contribution in [0, 0.1) is 0 Å². The number of amides is 2. The highest BCUT2D eigenvalue weighted by Crippen LogP contribution is 2.16. The Bertz CT molecular complexity index is 693. The first kappa shape index (κ1) is 18.3. The summed E-state index contributed by atoms with van der Waals surface area (Å²) in [5.41, 5.74) is 0.945. The van der Waals surface area contributed by atoms with E-state index in [0.717, 1.165) is 19.1 Å². The number of likely N-dealkylation sites (tertiary alicyclic amines) is 1. The van der Waals surface area contributed by atoms with E-state index in [4.69, 9.17) is 0 Å². The summed E-state index contributed by atoms with van der Waals surface area (Å²) in [7, 11) is -3.33. The normalized spacial score (nSPS) is 15.8. The number of piperidine rings is 1. The highest BCUT2D eigenvalue weighted by Gasteiger charge is 2.24. The number of carbonyl (C=O) groups excluding carboxylic acids is 2. The standard InChI is InChI=1S/C16H23N3O4S/c1-3-15(20)17-13-8-10-19(11-9-13)16(21)12-4-6-14(7-5-12)18-24(2,22)23/h4-7,13,18H,3,8-11H2,1-2H3,(H,17,20). The minimum Gasteiger partial charge on any atom is -0.353 e. The molecule has 1 aliphatic rings. The van der Waals surface area contributed by atoms with Gasteiger partial charge in [-0.1, -0.05) is 6.92 Å². The van der Waals surface area contributed by atoms with Crippen molar-refractivity contribution in [1.29, 1.82) is 0 Å². The zero-order valence-electron chi connectivity index (χ0n) is 13.9. The van der Waals surface area contributed by atoms with Crippen molar-refractivity contribution in [1.82, 2.24) is 10.2 Å². The van der Waals surface area contributed by atoms with Gasteiger partial charge < -0.3 is 10.2 Å². The lowest BCUT2D eigenvalue weighted by Crippen LogP contribution is -2.46. The summed E-state index contributed by atoms with van der Waals surface area (Å²) < 4.78 is 24.7. The van der Waals surface area contributed by atoms with Gasteiger partial charge in [0, 0.05) is 36.8 Å². The van der Waals surface area contributed by atoms with E-state index < -0.39 is 10.0 Å². The van der Waals surface area contributed by atoms with Gasteiger partial charge in [0.1, 0.15) is 0 Å². The van der Waals surface area contributed by atoms with Crippen LogP contribution in [-0.2, 0) is 14.8 Å². The van der Waals surface area contributed by atoms with Crippen LogP contribution in [0.5, 0.6) is 0 Å². The number of carbonyl (C=O) groups is 2. The van der Waals surface area contributed by atoms with Gasteiger partial charge >= 0.3 is 0 Å². The first-order valence-electron chi connectivity index (χ1n) is 7.95.